The van der Waals surface area contributed by atoms with Gasteiger partial charge in [0.1, 0.15) is 5.60 Å². The first-order valence-corrected chi connectivity index (χ1v) is 9.63. The van der Waals surface area contributed by atoms with Crippen LogP contribution in [-0.4, -0.2) is 21.8 Å². The van der Waals surface area contributed by atoms with Crippen LogP contribution in [0.15, 0.2) is 36.4 Å². The second-order valence-electron chi connectivity index (χ2n) is 8.47. The summed E-state index contributed by atoms with van der Waals surface area (Å²) in [6.45, 7) is 14.0. The molecule has 1 N–H and O–H groups in total. The molecule has 0 bridgehead atoms. The summed E-state index contributed by atoms with van der Waals surface area (Å²) in [5, 5.41) is 7.66. The largest absolute Gasteiger partial charge is 0.460 e. The van der Waals surface area contributed by atoms with Crippen molar-refractivity contribution in [2.75, 3.05) is 0 Å². The SMILES string of the molecule is Cc1ccccc1/C(=C\CC(C)C(=O)OC(C)(C)C)c1cc(C(C)C)[nH]n1. The number of benzene rings is 1. The highest BCUT2D eigenvalue weighted by molar-refractivity contribution is 5.80. The third kappa shape index (κ3) is 5.81. The Morgan fingerprint density at radius 1 is 1.22 bits per heavy atom. The smallest absolute Gasteiger partial charge is 0.309 e. The van der Waals surface area contributed by atoms with Gasteiger partial charge in [-0.3, -0.25) is 9.89 Å². The number of rotatable bonds is 6. The van der Waals surface area contributed by atoms with Crippen molar-refractivity contribution in [3.63, 3.8) is 0 Å². The zero-order chi connectivity index (χ0) is 20.2. The number of aryl methyl sites for hydroxylation is 1. The van der Waals surface area contributed by atoms with Gasteiger partial charge in [-0.25, -0.2) is 0 Å². The van der Waals surface area contributed by atoms with Gasteiger partial charge in [0.15, 0.2) is 0 Å². The van der Waals surface area contributed by atoms with Crippen LogP contribution in [0, 0.1) is 12.8 Å². The van der Waals surface area contributed by atoms with E-state index in [0.717, 1.165) is 22.5 Å². The molecule has 1 aromatic heterocycles. The van der Waals surface area contributed by atoms with Gasteiger partial charge in [0.2, 0.25) is 0 Å². The fourth-order valence-electron chi connectivity index (χ4n) is 2.79. The lowest BCUT2D eigenvalue weighted by Crippen LogP contribution is -2.27. The lowest BCUT2D eigenvalue weighted by atomic mass is 9.94. The van der Waals surface area contributed by atoms with Crippen molar-refractivity contribution in [2.24, 2.45) is 5.92 Å². The minimum atomic E-state index is -0.470. The minimum Gasteiger partial charge on any atom is -0.460 e. The molecule has 0 fully saturated rings. The van der Waals surface area contributed by atoms with E-state index in [0.29, 0.717) is 12.3 Å². The molecule has 4 nitrogen and oxygen atoms in total. The Labute approximate surface area is 163 Å². The Morgan fingerprint density at radius 2 is 1.89 bits per heavy atom. The van der Waals surface area contributed by atoms with E-state index in [2.05, 4.69) is 55.2 Å². The van der Waals surface area contributed by atoms with Crippen LogP contribution in [0.25, 0.3) is 5.57 Å². The highest BCUT2D eigenvalue weighted by atomic mass is 16.6. The van der Waals surface area contributed by atoms with Gasteiger partial charge in [0.05, 0.1) is 11.6 Å². The lowest BCUT2D eigenvalue weighted by molar-refractivity contribution is -0.159. The molecule has 0 aliphatic rings. The molecule has 146 valence electrons. The molecule has 1 heterocycles. The maximum absolute atomic E-state index is 12.3. The lowest BCUT2D eigenvalue weighted by Gasteiger charge is -2.22. The van der Waals surface area contributed by atoms with Gasteiger partial charge >= 0.3 is 5.97 Å². The Kier molecular flexibility index (Phi) is 6.63. The third-order valence-electron chi connectivity index (χ3n) is 4.42. The summed E-state index contributed by atoms with van der Waals surface area (Å²) < 4.78 is 5.51. The summed E-state index contributed by atoms with van der Waals surface area (Å²) in [6, 6.07) is 10.4. The fraction of sp³-hybridized carbons (Fsp3) is 0.478. The summed E-state index contributed by atoms with van der Waals surface area (Å²) in [5.41, 5.74) is 4.90. The molecule has 2 aromatic rings. The molecule has 0 amide bonds. The van der Waals surface area contributed by atoms with Gasteiger partial charge in [0.25, 0.3) is 0 Å². The first-order valence-electron chi connectivity index (χ1n) is 9.63. The number of ether oxygens (including phenoxy) is 1. The zero-order valence-electron chi connectivity index (χ0n) is 17.6. The minimum absolute atomic E-state index is 0.173. The molecule has 0 saturated heterocycles. The summed E-state index contributed by atoms with van der Waals surface area (Å²) in [6.07, 6.45) is 2.71. The van der Waals surface area contributed by atoms with E-state index in [1.54, 1.807) is 0 Å². The quantitative estimate of drug-likeness (QED) is 0.671. The molecule has 0 radical (unpaired) electrons. The Hall–Kier alpha value is -2.36. The van der Waals surface area contributed by atoms with Crippen LogP contribution in [0.3, 0.4) is 0 Å². The summed E-state index contributed by atoms with van der Waals surface area (Å²) in [7, 11) is 0. The first kappa shape index (κ1) is 20.9. The van der Waals surface area contributed by atoms with Crippen LogP contribution in [0.2, 0.25) is 0 Å². The van der Waals surface area contributed by atoms with Crippen molar-refractivity contribution in [3.05, 3.63) is 58.9 Å². The Balaban J connectivity index is 2.33. The predicted octanol–water partition coefficient (Wildman–Crippen LogP) is 5.64. The van der Waals surface area contributed by atoms with Gasteiger partial charge in [-0.2, -0.15) is 5.10 Å². The Morgan fingerprint density at radius 3 is 2.44 bits per heavy atom. The van der Waals surface area contributed by atoms with Gasteiger partial charge in [-0.1, -0.05) is 51.1 Å². The number of H-pyrrole nitrogens is 1. The van der Waals surface area contributed by atoms with E-state index >= 15 is 0 Å². The van der Waals surface area contributed by atoms with E-state index in [9.17, 15) is 4.79 Å². The molecular weight excluding hydrogens is 336 g/mol. The van der Waals surface area contributed by atoms with Crippen molar-refractivity contribution in [1.29, 1.82) is 0 Å². The van der Waals surface area contributed by atoms with E-state index in [4.69, 9.17) is 4.74 Å². The van der Waals surface area contributed by atoms with E-state index in [1.807, 2.05) is 39.8 Å². The number of esters is 1. The average molecular weight is 369 g/mol. The number of carbonyl (C=O) groups is 1. The molecule has 27 heavy (non-hydrogen) atoms. The van der Waals surface area contributed by atoms with Crippen molar-refractivity contribution in [3.8, 4) is 0 Å². The number of aromatic amines is 1. The summed E-state index contributed by atoms with van der Waals surface area (Å²) in [4.78, 5) is 12.3. The van der Waals surface area contributed by atoms with Crippen molar-refractivity contribution in [2.45, 2.75) is 66.4 Å². The van der Waals surface area contributed by atoms with Crippen LogP contribution in [0.5, 0.6) is 0 Å². The molecule has 1 unspecified atom stereocenters. The Bertz CT molecular complexity index is 810. The summed E-state index contributed by atoms with van der Waals surface area (Å²) >= 11 is 0. The van der Waals surface area contributed by atoms with Crippen LogP contribution < -0.4 is 0 Å². The number of hydrogen-bond donors (Lipinski definition) is 1. The third-order valence-corrected chi connectivity index (χ3v) is 4.42. The van der Waals surface area contributed by atoms with Gasteiger partial charge in [0, 0.05) is 11.3 Å². The molecule has 0 saturated carbocycles. The van der Waals surface area contributed by atoms with Gasteiger partial charge in [-0.05, 0) is 57.2 Å². The maximum Gasteiger partial charge on any atom is 0.309 e. The van der Waals surface area contributed by atoms with Gasteiger partial charge in [-0.15, -0.1) is 0 Å². The van der Waals surface area contributed by atoms with Crippen LogP contribution in [0.4, 0.5) is 0 Å². The molecule has 2 rings (SSSR count). The van der Waals surface area contributed by atoms with Crippen LogP contribution in [-0.2, 0) is 9.53 Å². The number of aromatic nitrogens is 2. The molecule has 4 heteroatoms. The first-order chi connectivity index (χ1) is 12.6. The van der Waals surface area contributed by atoms with Crippen molar-refractivity contribution in [1.82, 2.24) is 10.2 Å². The molecular formula is C23H32N2O2. The fourth-order valence-corrected chi connectivity index (χ4v) is 2.79. The normalized spacial score (nSPS) is 13.7. The van der Waals surface area contributed by atoms with Crippen LogP contribution >= 0.6 is 0 Å². The monoisotopic (exact) mass is 368 g/mol. The number of nitrogens with one attached hydrogen (secondary N) is 1. The topological polar surface area (TPSA) is 55.0 Å². The second kappa shape index (κ2) is 8.55. The number of carbonyl (C=O) groups excluding carboxylic acids is 1. The summed E-state index contributed by atoms with van der Waals surface area (Å²) in [5.74, 6) is -0.00964. The standard InChI is InChI=1S/C23H32N2O2/c1-15(2)20-14-21(25-24-20)19(18-11-9-8-10-16(18)3)13-12-17(4)22(26)27-23(5,6)7/h8-11,13-15,17H,12H2,1-7H3,(H,24,25)/b19-13+. The van der Waals surface area contributed by atoms with E-state index < -0.39 is 5.60 Å². The number of nitrogens with zero attached hydrogens (tertiary/aromatic N) is 1. The number of hydrogen-bond acceptors (Lipinski definition) is 3. The van der Waals surface area contributed by atoms with Gasteiger partial charge < -0.3 is 4.74 Å². The van der Waals surface area contributed by atoms with E-state index in [-0.39, 0.29) is 11.9 Å². The maximum atomic E-state index is 12.3. The molecule has 1 atom stereocenters. The second-order valence-corrected chi connectivity index (χ2v) is 8.47. The van der Waals surface area contributed by atoms with Crippen molar-refractivity contribution < 1.29 is 9.53 Å². The molecule has 0 spiro atoms. The zero-order valence-corrected chi connectivity index (χ0v) is 17.6. The molecule has 0 aliphatic heterocycles. The molecule has 1 aromatic carbocycles. The predicted molar refractivity (Wildman–Crippen MR) is 111 cm³/mol. The number of allylic oxidation sites excluding steroid dienone is 1. The van der Waals surface area contributed by atoms with Crippen LogP contribution in [0.1, 0.15) is 76.4 Å². The van der Waals surface area contributed by atoms with Crippen molar-refractivity contribution >= 4 is 11.5 Å². The van der Waals surface area contributed by atoms with E-state index in [1.165, 1.54) is 5.56 Å². The molecule has 0 aliphatic carbocycles. The average Bonchev–Trinajstić information content (AvgIpc) is 3.05. The highest BCUT2D eigenvalue weighted by Gasteiger charge is 2.21. The highest BCUT2D eigenvalue weighted by Crippen LogP contribution is 2.28.